The molecule has 1 rings (SSSR count). The first-order valence-electron chi connectivity index (χ1n) is 3.51. The van der Waals surface area contributed by atoms with E-state index < -0.39 is 0 Å². The lowest BCUT2D eigenvalue weighted by atomic mass is 10.1. The predicted octanol–water partition coefficient (Wildman–Crippen LogP) is 2.07. The third kappa shape index (κ3) is 2.67. The molecule has 2 heteroatoms. The number of likely N-dealkylation sites (tertiary alicyclic amines) is 1. The van der Waals surface area contributed by atoms with Crippen LogP contribution in [0.15, 0.2) is 0 Å². The van der Waals surface area contributed by atoms with E-state index >= 15 is 0 Å². The molecule has 1 fully saturated rings. The first-order chi connectivity index (χ1) is 3.80. The number of hydrogen-bond acceptors (Lipinski definition) is 1. The third-order valence-electron chi connectivity index (χ3n) is 2.14. The molecule has 1 aliphatic rings. The Morgan fingerprint density at radius 3 is 2.33 bits per heavy atom. The van der Waals surface area contributed by atoms with Crippen LogP contribution in [-0.2, 0) is 0 Å². The summed E-state index contributed by atoms with van der Waals surface area (Å²) in [4.78, 5) is 2.43. The minimum absolute atomic E-state index is 0. The molecule has 1 nitrogen and oxygen atoms in total. The van der Waals surface area contributed by atoms with Crippen LogP contribution in [0.3, 0.4) is 0 Å². The predicted molar refractivity (Wildman–Crippen MR) is 46.3 cm³/mol. The van der Waals surface area contributed by atoms with Crippen molar-refractivity contribution in [3.05, 3.63) is 0 Å². The summed E-state index contributed by atoms with van der Waals surface area (Å²) in [6.07, 6.45) is 4.24. The first kappa shape index (κ1) is 9.44. The Hall–Kier alpha value is 0.440. The normalized spacial score (nSPS) is 29.3. The zero-order valence-electron chi connectivity index (χ0n) is 6.26. The summed E-state index contributed by atoms with van der Waals surface area (Å²) in [5.41, 5.74) is 0. The summed E-state index contributed by atoms with van der Waals surface area (Å²) in [6.45, 7) is 3.61. The molecule has 0 aromatic rings. The van der Waals surface area contributed by atoms with Gasteiger partial charge in [0.1, 0.15) is 0 Å². The fourth-order valence-corrected chi connectivity index (χ4v) is 1.24. The molecular weight excluding hydrogens is 178 g/mol. The highest BCUT2D eigenvalue weighted by molar-refractivity contribution is 8.93. The van der Waals surface area contributed by atoms with Crippen LogP contribution >= 0.6 is 17.0 Å². The maximum atomic E-state index is 2.43. The lowest BCUT2D eigenvalue weighted by molar-refractivity contribution is 0.200. The second kappa shape index (κ2) is 4.29. The highest BCUT2D eigenvalue weighted by Gasteiger charge is 2.12. The summed E-state index contributed by atoms with van der Waals surface area (Å²) in [5.74, 6) is 0. The van der Waals surface area contributed by atoms with E-state index in [1.165, 1.54) is 25.8 Å². The smallest absolute Gasteiger partial charge is 0.00638 e. The van der Waals surface area contributed by atoms with Crippen LogP contribution < -0.4 is 0 Å². The highest BCUT2D eigenvalue weighted by Crippen LogP contribution is 2.13. The third-order valence-corrected chi connectivity index (χ3v) is 2.14. The minimum atomic E-state index is 0. The van der Waals surface area contributed by atoms with Gasteiger partial charge in [-0.1, -0.05) is 6.42 Å². The van der Waals surface area contributed by atoms with E-state index in [0.29, 0.717) is 0 Å². The van der Waals surface area contributed by atoms with Gasteiger partial charge in [0.25, 0.3) is 0 Å². The topological polar surface area (TPSA) is 3.24 Å². The Morgan fingerprint density at radius 2 is 2.00 bits per heavy atom. The molecule has 1 atom stereocenters. The van der Waals surface area contributed by atoms with Gasteiger partial charge in [0.05, 0.1) is 0 Å². The Bertz CT molecular complexity index is 65.3. The molecule has 56 valence electrons. The molecule has 0 aliphatic carbocycles. The van der Waals surface area contributed by atoms with Crippen molar-refractivity contribution in [1.29, 1.82) is 0 Å². The first-order valence-corrected chi connectivity index (χ1v) is 3.51. The van der Waals surface area contributed by atoms with Crippen molar-refractivity contribution in [2.45, 2.75) is 32.2 Å². The molecule has 0 aromatic carbocycles. The molecule has 9 heavy (non-hydrogen) atoms. The van der Waals surface area contributed by atoms with Crippen molar-refractivity contribution < 1.29 is 0 Å². The van der Waals surface area contributed by atoms with Gasteiger partial charge >= 0.3 is 0 Å². The summed E-state index contributed by atoms with van der Waals surface area (Å²) < 4.78 is 0. The maximum absolute atomic E-state index is 2.43. The highest BCUT2D eigenvalue weighted by atomic mass is 79.9. The Labute approximate surface area is 68.2 Å². The molecule has 0 saturated carbocycles. The van der Waals surface area contributed by atoms with Crippen molar-refractivity contribution in [2.24, 2.45) is 0 Å². The zero-order valence-corrected chi connectivity index (χ0v) is 7.97. The number of rotatable bonds is 0. The minimum Gasteiger partial charge on any atom is -0.304 e. The van der Waals surface area contributed by atoms with E-state index in [2.05, 4.69) is 18.9 Å². The van der Waals surface area contributed by atoms with Crippen LogP contribution in [0.4, 0.5) is 0 Å². The standard InChI is InChI=1S/C7H15N.BrH/c1-7-5-3-4-6-8(7)2;/h7H,3-6H2,1-2H3;1H. The molecule has 1 heterocycles. The van der Waals surface area contributed by atoms with E-state index in [4.69, 9.17) is 0 Å². The summed E-state index contributed by atoms with van der Waals surface area (Å²) in [5, 5.41) is 0. The quantitative estimate of drug-likeness (QED) is 0.570. The molecule has 0 radical (unpaired) electrons. The fourth-order valence-electron chi connectivity index (χ4n) is 1.24. The molecule has 0 N–H and O–H groups in total. The monoisotopic (exact) mass is 193 g/mol. The molecule has 0 amide bonds. The van der Waals surface area contributed by atoms with Crippen LogP contribution in [0.5, 0.6) is 0 Å². The van der Waals surface area contributed by atoms with Gasteiger partial charge in [0.2, 0.25) is 0 Å². The van der Waals surface area contributed by atoms with Gasteiger partial charge in [0.15, 0.2) is 0 Å². The SMILES string of the molecule is Br.CC1CCCCN1C. The zero-order chi connectivity index (χ0) is 5.98. The van der Waals surface area contributed by atoms with E-state index in [0.717, 1.165) is 6.04 Å². The molecule has 1 aliphatic heterocycles. The van der Waals surface area contributed by atoms with Gasteiger partial charge < -0.3 is 4.90 Å². The molecule has 0 bridgehead atoms. The average molecular weight is 194 g/mol. The van der Waals surface area contributed by atoms with Crippen LogP contribution in [-0.4, -0.2) is 24.5 Å². The lowest BCUT2D eigenvalue weighted by Gasteiger charge is -2.29. The van der Waals surface area contributed by atoms with Crippen LogP contribution in [0.25, 0.3) is 0 Å². The molecule has 0 aromatic heterocycles. The van der Waals surface area contributed by atoms with Crippen molar-refractivity contribution in [1.82, 2.24) is 4.90 Å². The Kier molecular flexibility index (Phi) is 4.50. The number of nitrogens with zero attached hydrogens (tertiary/aromatic N) is 1. The summed E-state index contributed by atoms with van der Waals surface area (Å²) in [7, 11) is 2.21. The number of halogens is 1. The largest absolute Gasteiger partial charge is 0.304 e. The summed E-state index contributed by atoms with van der Waals surface area (Å²) in [6, 6.07) is 0.837. The van der Waals surface area contributed by atoms with Crippen LogP contribution in [0.2, 0.25) is 0 Å². The van der Waals surface area contributed by atoms with Crippen molar-refractivity contribution in [3.63, 3.8) is 0 Å². The second-order valence-electron chi connectivity index (χ2n) is 2.83. The average Bonchev–Trinajstić information content (AvgIpc) is 1.77. The van der Waals surface area contributed by atoms with Crippen molar-refractivity contribution >= 4 is 17.0 Å². The molecule has 1 saturated heterocycles. The van der Waals surface area contributed by atoms with Gasteiger partial charge in [-0.05, 0) is 33.4 Å². The van der Waals surface area contributed by atoms with E-state index in [9.17, 15) is 0 Å². The molecular formula is C7H16BrN. The maximum Gasteiger partial charge on any atom is 0.00638 e. The van der Waals surface area contributed by atoms with E-state index in [1.807, 2.05) is 0 Å². The number of hydrogen-bond donors (Lipinski definition) is 0. The van der Waals surface area contributed by atoms with Crippen molar-refractivity contribution in [2.75, 3.05) is 13.6 Å². The molecule has 0 spiro atoms. The van der Waals surface area contributed by atoms with Gasteiger partial charge in [-0.15, -0.1) is 17.0 Å². The van der Waals surface area contributed by atoms with Gasteiger partial charge in [0, 0.05) is 6.04 Å². The van der Waals surface area contributed by atoms with Gasteiger partial charge in [-0.3, -0.25) is 0 Å². The van der Waals surface area contributed by atoms with E-state index in [1.54, 1.807) is 0 Å². The van der Waals surface area contributed by atoms with Gasteiger partial charge in [-0.2, -0.15) is 0 Å². The fraction of sp³-hybridized carbons (Fsp3) is 1.00. The molecule has 1 unspecified atom stereocenters. The van der Waals surface area contributed by atoms with E-state index in [-0.39, 0.29) is 17.0 Å². The number of piperidine rings is 1. The van der Waals surface area contributed by atoms with Crippen LogP contribution in [0, 0.1) is 0 Å². The second-order valence-corrected chi connectivity index (χ2v) is 2.83. The Morgan fingerprint density at radius 1 is 1.33 bits per heavy atom. The van der Waals surface area contributed by atoms with Crippen LogP contribution in [0.1, 0.15) is 26.2 Å². The summed E-state index contributed by atoms with van der Waals surface area (Å²) >= 11 is 0. The van der Waals surface area contributed by atoms with Crippen molar-refractivity contribution in [3.8, 4) is 0 Å². The lowest BCUT2D eigenvalue weighted by Crippen LogP contribution is -2.33. The van der Waals surface area contributed by atoms with Gasteiger partial charge in [-0.25, -0.2) is 0 Å². The Balaban J connectivity index is 0.000000640.